The zero-order valence-corrected chi connectivity index (χ0v) is 14.2. The summed E-state index contributed by atoms with van der Waals surface area (Å²) in [5.41, 5.74) is 0.953. The minimum absolute atomic E-state index is 0.352. The fourth-order valence-electron chi connectivity index (χ4n) is 2.73. The minimum Gasteiger partial charge on any atom is -0.383 e. The number of benzene rings is 1. The van der Waals surface area contributed by atoms with E-state index in [4.69, 9.17) is 4.74 Å². The Hall–Kier alpha value is -0.950. The Bertz CT molecular complexity index is 567. The molecule has 0 aromatic heterocycles. The summed E-state index contributed by atoms with van der Waals surface area (Å²) in [5, 5.41) is 0. The molecule has 0 atom stereocenters. The SMILES string of the molecule is COCCN1CCC(CNS(=O)(=O)c2cccc(C)c2)CC1. The molecule has 0 aliphatic carbocycles. The Balaban J connectivity index is 1.81. The van der Waals surface area contributed by atoms with E-state index in [-0.39, 0.29) is 0 Å². The number of methoxy groups -OCH3 is 1. The molecule has 0 radical (unpaired) electrons. The van der Waals surface area contributed by atoms with E-state index < -0.39 is 10.0 Å². The average molecular weight is 326 g/mol. The smallest absolute Gasteiger partial charge is 0.240 e. The van der Waals surface area contributed by atoms with Gasteiger partial charge in [-0.15, -0.1) is 0 Å². The van der Waals surface area contributed by atoms with Crippen molar-refractivity contribution in [3.05, 3.63) is 29.8 Å². The van der Waals surface area contributed by atoms with Gasteiger partial charge in [-0.05, 0) is 56.5 Å². The van der Waals surface area contributed by atoms with Crippen molar-refractivity contribution < 1.29 is 13.2 Å². The summed E-state index contributed by atoms with van der Waals surface area (Å²) >= 11 is 0. The van der Waals surface area contributed by atoms with Gasteiger partial charge in [-0.3, -0.25) is 0 Å². The van der Waals surface area contributed by atoms with Crippen LogP contribution in [-0.4, -0.2) is 53.2 Å². The summed E-state index contributed by atoms with van der Waals surface area (Å²) in [5.74, 6) is 0.415. The van der Waals surface area contributed by atoms with Crippen molar-refractivity contribution in [1.82, 2.24) is 9.62 Å². The molecule has 1 aliphatic heterocycles. The number of piperidine rings is 1. The van der Waals surface area contributed by atoms with Crippen LogP contribution >= 0.6 is 0 Å². The Labute approximate surface area is 133 Å². The molecule has 1 heterocycles. The molecule has 0 saturated carbocycles. The van der Waals surface area contributed by atoms with Crippen LogP contribution < -0.4 is 4.72 Å². The molecular weight excluding hydrogens is 300 g/mol. The molecule has 2 rings (SSSR count). The molecule has 0 bridgehead atoms. The first kappa shape index (κ1) is 17.4. The van der Waals surface area contributed by atoms with Gasteiger partial charge in [-0.25, -0.2) is 13.1 Å². The van der Waals surface area contributed by atoms with Crippen molar-refractivity contribution in [3.63, 3.8) is 0 Å². The molecule has 1 aliphatic rings. The molecule has 5 nitrogen and oxygen atoms in total. The zero-order valence-electron chi connectivity index (χ0n) is 13.4. The van der Waals surface area contributed by atoms with Gasteiger partial charge in [0, 0.05) is 20.2 Å². The second kappa shape index (κ2) is 8.06. The predicted molar refractivity (Wildman–Crippen MR) is 87.4 cm³/mol. The minimum atomic E-state index is -3.39. The van der Waals surface area contributed by atoms with Gasteiger partial charge >= 0.3 is 0 Å². The van der Waals surface area contributed by atoms with Crippen molar-refractivity contribution in [1.29, 1.82) is 0 Å². The second-order valence-corrected chi connectivity index (χ2v) is 7.71. The fraction of sp³-hybridized carbons (Fsp3) is 0.625. The third-order valence-corrected chi connectivity index (χ3v) is 5.60. The van der Waals surface area contributed by atoms with Crippen LogP contribution in [0.15, 0.2) is 29.2 Å². The van der Waals surface area contributed by atoms with Gasteiger partial charge in [0.15, 0.2) is 0 Å². The topological polar surface area (TPSA) is 58.6 Å². The lowest BCUT2D eigenvalue weighted by Gasteiger charge is -2.31. The lowest BCUT2D eigenvalue weighted by Crippen LogP contribution is -2.39. The Morgan fingerprint density at radius 2 is 2.05 bits per heavy atom. The normalized spacial score (nSPS) is 17.7. The summed E-state index contributed by atoms with van der Waals surface area (Å²) in [7, 11) is -1.68. The van der Waals surface area contributed by atoms with Crippen LogP contribution in [0.2, 0.25) is 0 Å². The maximum atomic E-state index is 12.3. The summed E-state index contributed by atoms with van der Waals surface area (Å²) in [6.45, 7) is 6.16. The molecule has 1 aromatic rings. The molecule has 1 N–H and O–H groups in total. The summed E-state index contributed by atoms with van der Waals surface area (Å²) in [6, 6.07) is 7.02. The monoisotopic (exact) mass is 326 g/mol. The van der Waals surface area contributed by atoms with Crippen LogP contribution in [-0.2, 0) is 14.8 Å². The van der Waals surface area contributed by atoms with Crippen LogP contribution in [0.1, 0.15) is 18.4 Å². The van der Waals surface area contributed by atoms with E-state index >= 15 is 0 Å². The number of sulfonamides is 1. The van der Waals surface area contributed by atoms with Crippen LogP contribution in [0.3, 0.4) is 0 Å². The van der Waals surface area contributed by atoms with E-state index in [0.717, 1.165) is 44.6 Å². The van der Waals surface area contributed by atoms with Gasteiger partial charge < -0.3 is 9.64 Å². The maximum absolute atomic E-state index is 12.3. The first-order valence-corrected chi connectivity index (χ1v) is 9.27. The highest BCUT2D eigenvalue weighted by molar-refractivity contribution is 7.89. The van der Waals surface area contributed by atoms with Crippen molar-refractivity contribution in [2.24, 2.45) is 5.92 Å². The second-order valence-electron chi connectivity index (χ2n) is 5.95. The van der Waals surface area contributed by atoms with E-state index in [2.05, 4.69) is 9.62 Å². The summed E-state index contributed by atoms with van der Waals surface area (Å²) in [4.78, 5) is 2.72. The molecule has 22 heavy (non-hydrogen) atoms. The van der Waals surface area contributed by atoms with E-state index in [1.165, 1.54) is 0 Å². The Morgan fingerprint density at radius 1 is 1.32 bits per heavy atom. The fourth-order valence-corrected chi connectivity index (χ4v) is 3.95. The van der Waals surface area contributed by atoms with Crippen LogP contribution in [0.5, 0.6) is 0 Å². The number of nitrogens with zero attached hydrogens (tertiary/aromatic N) is 1. The quantitative estimate of drug-likeness (QED) is 0.827. The number of ether oxygens (including phenoxy) is 1. The van der Waals surface area contributed by atoms with Gasteiger partial charge in [0.05, 0.1) is 11.5 Å². The van der Waals surface area contributed by atoms with Crippen molar-refractivity contribution >= 4 is 10.0 Å². The first-order valence-electron chi connectivity index (χ1n) is 7.79. The predicted octanol–water partition coefficient (Wildman–Crippen LogP) is 1.63. The first-order chi connectivity index (χ1) is 10.5. The molecular formula is C16H26N2O3S. The molecule has 0 amide bonds. The third kappa shape index (κ3) is 5.05. The van der Waals surface area contributed by atoms with Gasteiger partial charge in [-0.1, -0.05) is 12.1 Å². The lowest BCUT2D eigenvalue weighted by molar-refractivity contribution is 0.121. The van der Waals surface area contributed by atoms with Crippen molar-refractivity contribution in [3.8, 4) is 0 Å². The molecule has 0 spiro atoms. The standard InChI is InChI=1S/C16H26N2O3S/c1-14-4-3-5-16(12-14)22(19,20)17-13-15-6-8-18(9-7-15)10-11-21-2/h3-5,12,15,17H,6-11,13H2,1-2H3. The molecule has 6 heteroatoms. The van der Waals surface area contributed by atoms with Crippen LogP contribution in [0.4, 0.5) is 0 Å². The molecule has 0 unspecified atom stereocenters. The van der Waals surface area contributed by atoms with Gasteiger partial charge in [0.2, 0.25) is 10.0 Å². The maximum Gasteiger partial charge on any atom is 0.240 e. The van der Waals surface area contributed by atoms with E-state index in [1.54, 1.807) is 25.3 Å². The summed E-state index contributed by atoms with van der Waals surface area (Å²) < 4.78 is 32.4. The zero-order chi connectivity index (χ0) is 16.0. The van der Waals surface area contributed by atoms with Gasteiger partial charge in [-0.2, -0.15) is 0 Å². The number of nitrogens with one attached hydrogen (secondary N) is 1. The number of aryl methyl sites for hydroxylation is 1. The van der Waals surface area contributed by atoms with Crippen LogP contribution in [0.25, 0.3) is 0 Å². The lowest BCUT2D eigenvalue weighted by atomic mass is 9.97. The number of rotatable bonds is 7. The number of hydrogen-bond donors (Lipinski definition) is 1. The Morgan fingerprint density at radius 3 is 2.68 bits per heavy atom. The highest BCUT2D eigenvalue weighted by atomic mass is 32.2. The number of hydrogen-bond acceptors (Lipinski definition) is 4. The number of likely N-dealkylation sites (tertiary alicyclic amines) is 1. The average Bonchev–Trinajstić information content (AvgIpc) is 2.52. The highest BCUT2D eigenvalue weighted by Crippen LogP contribution is 2.17. The molecule has 1 fully saturated rings. The highest BCUT2D eigenvalue weighted by Gasteiger charge is 2.21. The largest absolute Gasteiger partial charge is 0.383 e. The van der Waals surface area contributed by atoms with Gasteiger partial charge in [0.1, 0.15) is 0 Å². The summed E-state index contributed by atoms with van der Waals surface area (Å²) in [6.07, 6.45) is 2.06. The Kier molecular flexibility index (Phi) is 6.37. The van der Waals surface area contributed by atoms with Crippen LogP contribution in [0, 0.1) is 12.8 Å². The molecule has 1 saturated heterocycles. The van der Waals surface area contributed by atoms with Gasteiger partial charge in [0.25, 0.3) is 0 Å². The van der Waals surface area contributed by atoms with Crippen molar-refractivity contribution in [2.75, 3.05) is 39.9 Å². The third-order valence-electron chi connectivity index (χ3n) is 4.18. The van der Waals surface area contributed by atoms with E-state index in [0.29, 0.717) is 17.4 Å². The van der Waals surface area contributed by atoms with E-state index in [9.17, 15) is 8.42 Å². The van der Waals surface area contributed by atoms with Crippen molar-refractivity contribution in [2.45, 2.75) is 24.7 Å². The molecule has 124 valence electrons. The van der Waals surface area contributed by atoms with E-state index in [1.807, 2.05) is 13.0 Å². The molecule has 1 aromatic carbocycles.